The summed E-state index contributed by atoms with van der Waals surface area (Å²) in [5.74, 6) is 0.570. The number of hydrogen-bond acceptors (Lipinski definition) is 3. The standard InChI is InChI=1S/C10H21NO2S/c1-3-5-6-7-11-8-10-14(12,13)9-4-2/h3,5,11H,4,6-10H2,1-2H3/b5-3+. The molecule has 0 rings (SSSR count). The third-order valence-electron chi connectivity index (χ3n) is 1.83. The second-order valence-corrected chi connectivity index (χ2v) is 5.56. The van der Waals surface area contributed by atoms with Gasteiger partial charge in [0.2, 0.25) is 0 Å². The molecule has 4 heteroatoms. The van der Waals surface area contributed by atoms with Crippen molar-refractivity contribution >= 4 is 9.84 Å². The lowest BCUT2D eigenvalue weighted by Gasteiger charge is -2.03. The van der Waals surface area contributed by atoms with Gasteiger partial charge in [-0.3, -0.25) is 0 Å². The first-order valence-electron chi connectivity index (χ1n) is 5.14. The van der Waals surface area contributed by atoms with Gasteiger partial charge < -0.3 is 5.32 Å². The summed E-state index contributed by atoms with van der Waals surface area (Å²) >= 11 is 0. The smallest absolute Gasteiger partial charge is 0.151 e. The van der Waals surface area contributed by atoms with E-state index >= 15 is 0 Å². The summed E-state index contributed by atoms with van der Waals surface area (Å²) in [6.07, 6.45) is 5.73. The zero-order valence-corrected chi connectivity index (χ0v) is 9.94. The topological polar surface area (TPSA) is 46.2 Å². The first-order valence-corrected chi connectivity index (χ1v) is 6.97. The van der Waals surface area contributed by atoms with Crippen molar-refractivity contribution in [3.05, 3.63) is 12.2 Å². The molecule has 3 nitrogen and oxygen atoms in total. The van der Waals surface area contributed by atoms with Gasteiger partial charge in [-0.1, -0.05) is 19.1 Å². The number of nitrogens with one attached hydrogen (secondary N) is 1. The number of sulfone groups is 1. The zero-order valence-electron chi connectivity index (χ0n) is 9.12. The van der Waals surface area contributed by atoms with Gasteiger partial charge in [0.15, 0.2) is 9.84 Å². The third kappa shape index (κ3) is 8.26. The van der Waals surface area contributed by atoms with Crippen molar-refractivity contribution in [3.8, 4) is 0 Å². The summed E-state index contributed by atoms with van der Waals surface area (Å²) in [6.45, 7) is 5.29. The van der Waals surface area contributed by atoms with Gasteiger partial charge in [-0.2, -0.15) is 0 Å². The summed E-state index contributed by atoms with van der Waals surface area (Å²) in [7, 11) is -2.80. The molecule has 0 amide bonds. The molecule has 0 saturated carbocycles. The normalized spacial score (nSPS) is 12.4. The van der Waals surface area contributed by atoms with Gasteiger partial charge in [0.25, 0.3) is 0 Å². The Morgan fingerprint density at radius 2 is 1.93 bits per heavy atom. The molecule has 14 heavy (non-hydrogen) atoms. The Bertz CT molecular complexity index is 245. The SMILES string of the molecule is C/C=C/CCNCCS(=O)(=O)CCC. The van der Waals surface area contributed by atoms with Crippen LogP contribution in [0.15, 0.2) is 12.2 Å². The number of rotatable bonds is 8. The molecule has 84 valence electrons. The summed E-state index contributed by atoms with van der Waals surface area (Å²) in [5, 5.41) is 3.10. The van der Waals surface area contributed by atoms with Crippen molar-refractivity contribution in [2.75, 3.05) is 24.6 Å². The second-order valence-electron chi connectivity index (χ2n) is 3.26. The molecule has 0 atom stereocenters. The highest BCUT2D eigenvalue weighted by Gasteiger charge is 2.07. The fraction of sp³-hybridized carbons (Fsp3) is 0.800. The van der Waals surface area contributed by atoms with E-state index in [1.54, 1.807) is 0 Å². The average molecular weight is 219 g/mol. The van der Waals surface area contributed by atoms with Gasteiger partial charge in [0, 0.05) is 12.3 Å². The van der Waals surface area contributed by atoms with Gasteiger partial charge >= 0.3 is 0 Å². The van der Waals surface area contributed by atoms with E-state index in [0.717, 1.165) is 13.0 Å². The van der Waals surface area contributed by atoms with E-state index in [2.05, 4.69) is 11.4 Å². The first kappa shape index (κ1) is 13.7. The van der Waals surface area contributed by atoms with Crippen molar-refractivity contribution in [1.82, 2.24) is 5.32 Å². The predicted octanol–water partition coefficient (Wildman–Crippen LogP) is 1.37. The fourth-order valence-corrected chi connectivity index (χ4v) is 2.40. The third-order valence-corrected chi connectivity index (χ3v) is 3.68. The molecular formula is C10H21NO2S. The van der Waals surface area contributed by atoms with Gasteiger partial charge in [0.1, 0.15) is 0 Å². The summed E-state index contributed by atoms with van der Waals surface area (Å²) in [5.41, 5.74) is 0. The zero-order chi connectivity index (χ0) is 10.9. The summed E-state index contributed by atoms with van der Waals surface area (Å²) in [6, 6.07) is 0. The lowest BCUT2D eigenvalue weighted by molar-refractivity contribution is 0.590. The minimum atomic E-state index is -2.80. The van der Waals surface area contributed by atoms with Crippen LogP contribution in [0.4, 0.5) is 0 Å². The van der Waals surface area contributed by atoms with Gasteiger partial charge in [-0.05, 0) is 26.3 Å². The van der Waals surface area contributed by atoms with E-state index in [9.17, 15) is 8.42 Å². The quantitative estimate of drug-likeness (QED) is 0.495. The van der Waals surface area contributed by atoms with Crippen molar-refractivity contribution in [1.29, 1.82) is 0 Å². The molecule has 0 aliphatic rings. The average Bonchev–Trinajstić information content (AvgIpc) is 2.11. The maximum absolute atomic E-state index is 11.3. The highest BCUT2D eigenvalue weighted by atomic mass is 32.2. The second kappa shape index (κ2) is 8.00. The molecule has 0 spiro atoms. The first-order chi connectivity index (χ1) is 6.62. The monoisotopic (exact) mass is 219 g/mol. The van der Waals surface area contributed by atoms with Crippen LogP contribution in [0.3, 0.4) is 0 Å². The van der Waals surface area contributed by atoms with Crippen LogP contribution in [-0.4, -0.2) is 33.0 Å². The van der Waals surface area contributed by atoms with Gasteiger partial charge in [0.05, 0.1) is 5.75 Å². The minimum Gasteiger partial charge on any atom is -0.315 e. The number of hydrogen-bond donors (Lipinski definition) is 1. The Labute approximate surface area is 87.5 Å². The largest absolute Gasteiger partial charge is 0.315 e. The Hall–Kier alpha value is -0.350. The van der Waals surface area contributed by atoms with Crippen LogP contribution in [0.2, 0.25) is 0 Å². The molecule has 0 heterocycles. The molecule has 0 unspecified atom stereocenters. The van der Waals surface area contributed by atoms with E-state index in [-0.39, 0.29) is 5.75 Å². The lowest BCUT2D eigenvalue weighted by atomic mass is 10.4. The van der Waals surface area contributed by atoms with E-state index < -0.39 is 9.84 Å². The van der Waals surface area contributed by atoms with Gasteiger partial charge in [-0.25, -0.2) is 8.42 Å². The highest BCUT2D eigenvalue weighted by Crippen LogP contribution is 1.92. The lowest BCUT2D eigenvalue weighted by Crippen LogP contribution is -2.24. The molecule has 0 saturated heterocycles. The summed E-state index contributed by atoms with van der Waals surface area (Å²) < 4.78 is 22.5. The van der Waals surface area contributed by atoms with Crippen molar-refractivity contribution < 1.29 is 8.42 Å². The molecule has 0 aromatic heterocycles. The maximum Gasteiger partial charge on any atom is 0.151 e. The molecule has 0 aliphatic carbocycles. The van der Waals surface area contributed by atoms with E-state index in [4.69, 9.17) is 0 Å². The van der Waals surface area contributed by atoms with Crippen molar-refractivity contribution in [2.24, 2.45) is 0 Å². The maximum atomic E-state index is 11.3. The summed E-state index contributed by atoms with van der Waals surface area (Å²) in [4.78, 5) is 0. The molecule has 1 N–H and O–H groups in total. The highest BCUT2D eigenvalue weighted by molar-refractivity contribution is 7.91. The minimum absolute atomic E-state index is 0.261. The van der Waals surface area contributed by atoms with Crippen LogP contribution < -0.4 is 5.32 Å². The van der Waals surface area contributed by atoms with Crippen molar-refractivity contribution in [3.63, 3.8) is 0 Å². The van der Waals surface area contributed by atoms with E-state index in [1.165, 1.54) is 0 Å². The molecule has 0 bridgehead atoms. The van der Waals surface area contributed by atoms with Crippen LogP contribution in [0.1, 0.15) is 26.7 Å². The molecular weight excluding hydrogens is 198 g/mol. The van der Waals surface area contributed by atoms with Crippen LogP contribution in [0.25, 0.3) is 0 Å². The van der Waals surface area contributed by atoms with E-state index in [0.29, 0.717) is 18.7 Å². The predicted molar refractivity (Wildman–Crippen MR) is 61.2 cm³/mol. The Morgan fingerprint density at radius 3 is 2.50 bits per heavy atom. The van der Waals surface area contributed by atoms with Crippen LogP contribution in [0.5, 0.6) is 0 Å². The van der Waals surface area contributed by atoms with Crippen LogP contribution in [0, 0.1) is 0 Å². The van der Waals surface area contributed by atoms with E-state index in [1.807, 2.05) is 19.9 Å². The van der Waals surface area contributed by atoms with Crippen molar-refractivity contribution in [2.45, 2.75) is 26.7 Å². The van der Waals surface area contributed by atoms with Gasteiger partial charge in [-0.15, -0.1) is 0 Å². The Kier molecular flexibility index (Phi) is 7.80. The van der Waals surface area contributed by atoms with Crippen LogP contribution in [-0.2, 0) is 9.84 Å². The van der Waals surface area contributed by atoms with Crippen LogP contribution >= 0.6 is 0 Å². The Balaban J connectivity index is 3.44. The molecule has 0 fully saturated rings. The molecule has 0 aromatic rings. The Morgan fingerprint density at radius 1 is 1.21 bits per heavy atom. The molecule has 0 aromatic carbocycles. The fourth-order valence-electron chi connectivity index (χ4n) is 1.12. The molecule has 0 aliphatic heterocycles. The molecule has 0 radical (unpaired) electrons. The number of allylic oxidation sites excluding steroid dienone is 1.